The molecule has 3 aromatic carbocycles. The molecule has 0 unspecified atom stereocenters. The Morgan fingerprint density at radius 3 is 2.36 bits per heavy atom. The molecule has 0 bridgehead atoms. The fourth-order valence-corrected chi connectivity index (χ4v) is 3.90. The van der Waals surface area contributed by atoms with E-state index in [2.05, 4.69) is 21.1 Å². The average molecular weight is 436 g/mol. The number of nitrogens with zero attached hydrogens (tertiary/aromatic N) is 1. The van der Waals surface area contributed by atoms with Gasteiger partial charge in [0.25, 0.3) is 0 Å². The summed E-state index contributed by atoms with van der Waals surface area (Å²) in [6.45, 7) is 0. The minimum Gasteiger partial charge on any atom is -0.496 e. The van der Waals surface area contributed by atoms with Gasteiger partial charge in [0.15, 0.2) is 0 Å². The van der Waals surface area contributed by atoms with E-state index in [0.717, 1.165) is 44.6 Å². The molecule has 0 radical (unpaired) electrons. The first kappa shape index (κ1) is 18.4. The van der Waals surface area contributed by atoms with Gasteiger partial charge in [-0.2, -0.15) is 0 Å². The van der Waals surface area contributed by atoms with E-state index in [1.165, 1.54) is 0 Å². The van der Waals surface area contributed by atoms with E-state index in [9.17, 15) is 4.79 Å². The molecule has 0 fully saturated rings. The molecule has 0 heterocycles. The number of carbonyl (C=O) groups is 1. The predicted molar refractivity (Wildman–Crippen MR) is 113 cm³/mol. The zero-order valence-electron chi connectivity index (χ0n) is 15.3. The molecule has 1 aliphatic rings. The summed E-state index contributed by atoms with van der Waals surface area (Å²) < 4.78 is 6.46. The number of hydrogen-bond donors (Lipinski definition) is 0. The monoisotopic (exact) mass is 435 g/mol. The maximum Gasteiger partial charge on any atom is 0.365 e. The van der Waals surface area contributed by atoms with E-state index >= 15 is 0 Å². The van der Waals surface area contributed by atoms with Crippen molar-refractivity contribution in [3.8, 4) is 16.9 Å². The Morgan fingerprint density at radius 1 is 0.929 bits per heavy atom. The molecular weight excluding hydrogens is 418 g/mol. The highest BCUT2D eigenvalue weighted by Gasteiger charge is 2.25. The summed E-state index contributed by atoms with van der Waals surface area (Å²) >= 11 is 3.56. The van der Waals surface area contributed by atoms with Crippen LogP contribution < -0.4 is 4.74 Å². The van der Waals surface area contributed by atoms with Gasteiger partial charge in [-0.3, -0.25) is 0 Å². The SMILES string of the molecule is COc1ccc(Br)c2c1/C(=N\OC(=O)c1ccc(-c3ccccc3)cc1)CC2. The van der Waals surface area contributed by atoms with Crippen molar-refractivity contribution in [2.24, 2.45) is 5.16 Å². The minimum absolute atomic E-state index is 0.462. The van der Waals surface area contributed by atoms with Crippen molar-refractivity contribution in [1.29, 1.82) is 0 Å². The van der Waals surface area contributed by atoms with Gasteiger partial charge in [-0.1, -0.05) is 63.6 Å². The van der Waals surface area contributed by atoms with Gasteiger partial charge in [-0.05, 0) is 53.8 Å². The summed E-state index contributed by atoms with van der Waals surface area (Å²) in [5.74, 6) is 0.257. The molecule has 28 heavy (non-hydrogen) atoms. The molecule has 0 saturated carbocycles. The Labute approximate surface area is 171 Å². The van der Waals surface area contributed by atoms with Crippen LogP contribution in [0.15, 0.2) is 76.4 Å². The molecular formula is C23H18BrNO3. The summed E-state index contributed by atoms with van der Waals surface area (Å²) in [5, 5.41) is 4.14. The maximum atomic E-state index is 12.4. The van der Waals surface area contributed by atoms with Crippen LogP contribution >= 0.6 is 15.9 Å². The van der Waals surface area contributed by atoms with Crippen LogP contribution in [0.25, 0.3) is 11.1 Å². The standard InChI is InChI=1S/C23H18BrNO3/c1-27-21-14-12-19(24)18-11-13-20(22(18)21)25-28-23(26)17-9-7-16(8-10-17)15-5-3-2-4-6-15/h2-10,12,14H,11,13H2,1H3/b25-20-. The number of oxime groups is 1. The molecule has 0 amide bonds. The van der Waals surface area contributed by atoms with E-state index < -0.39 is 5.97 Å². The van der Waals surface area contributed by atoms with Gasteiger partial charge in [-0.25, -0.2) is 4.79 Å². The van der Waals surface area contributed by atoms with Crippen LogP contribution in [-0.2, 0) is 11.3 Å². The normalized spacial score (nSPS) is 14.0. The van der Waals surface area contributed by atoms with Crippen molar-refractivity contribution in [3.63, 3.8) is 0 Å². The van der Waals surface area contributed by atoms with Crippen molar-refractivity contribution >= 4 is 27.6 Å². The van der Waals surface area contributed by atoms with Gasteiger partial charge in [0.05, 0.1) is 18.4 Å². The summed E-state index contributed by atoms with van der Waals surface area (Å²) in [4.78, 5) is 17.6. The number of hydrogen-bond acceptors (Lipinski definition) is 4. The lowest BCUT2D eigenvalue weighted by atomic mass is 10.0. The fraction of sp³-hybridized carbons (Fsp3) is 0.130. The molecule has 0 atom stereocenters. The number of halogens is 1. The fourth-order valence-electron chi connectivity index (χ4n) is 3.37. The number of methoxy groups -OCH3 is 1. The smallest absolute Gasteiger partial charge is 0.365 e. The van der Waals surface area contributed by atoms with Crippen LogP contribution in [0.1, 0.15) is 27.9 Å². The van der Waals surface area contributed by atoms with Gasteiger partial charge in [0.2, 0.25) is 0 Å². The third-order valence-corrected chi connectivity index (χ3v) is 5.55. The van der Waals surface area contributed by atoms with Crippen LogP contribution in [-0.4, -0.2) is 18.8 Å². The largest absolute Gasteiger partial charge is 0.496 e. The minimum atomic E-state index is -0.477. The van der Waals surface area contributed by atoms with Crippen molar-refractivity contribution in [1.82, 2.24) is 0 Å². The van der Waals surface area contributed by atoms with Gasteiger partial charge in [0.1, 0.15) is 5.75 Å². The van der Waals surface area contributed by atoms with Gasteiger partial charge >= 0.3 is 5.97 Å². The highest BCUT2D eigenvalue weighted by molar-refractivity contribution is 9.10. The molecule has 0 saturated heterocycles. The molecule has 140 valence electrons. The van der Waals surface area contributed by atoms with Gasteiger partial charge in [0, 0.05) is 10.0 Å². The molecule has 0 aliphatic heterocycles. The summed E-state index contributed by atoms with van der Waals surface area (Å²) in [6.07, 6.45) is 1.53. The second kappa shape index (κ2) is 7.98. The number of fused-ring (bicyclic) bond motifs is 1. The van der Waals surface area contributed by atoms with E-state index in [0.29, 0.717) is 12.0 Å². The molecule has 5 heteroatoms. The molecule has 0 aromatic heterocycles. The number of benzene rings is 3. The number of carbonyl (C=O) groups excluding carboxylic acids is 1. The summed E-state index contributed by atoms with van der Waals surface area (Å²) in [7, 11) is 1.62. The van der Waals surface area contributed by atoms with Crippen LogP contribution in [0.4, 0.5) is 0 Å². The van der Waals surface area contributed by atoms with Crippen LogP contribution in [0.5, 0.6) is 5.75 Å². The second-order valence-electron chi connectivity index (χ2n) is 6.46. The third kappa shape index (κ3) is 3.58. The Morgan fingerprint density at radius 2 is 1.64 bits per heavy atom. The maximum absolute atomic E-state index is 12.4. The van der Waals surface area contributed by atoms with Crippen LogP contribution in [0.3, 0.4) is 0 Å². The first-order valence-electron chi connectivity index (χ1n) is 8.97. The summed E-state index contributed by atoms with van der Waals surface area (Å²) in [6, 6.07) is 21.2. The predicted octanol–water partition coefficient (Wildman–Crippen LogP) is 5.63. The Kier molecular flexibility index (Phi) is 5.26. The molecule has 1 aliphatic carbocycles. The zero-order chi connectivity index (χ0) is 19.5. The van der Waals surface area contributed by atoms with Gasteiger partial charge < -0.3 is 9.57 Å². The Balaban J connectivity index is 1.52. The topological polar surface area (TPSA) is 47.9 Å². The van der Waals surface area contributed by atoms with E-state index in [1.807, 2.05) is 54.6 Å². The molecule has 0 spiro atoms. The first-order chi connectivity index (χ1) is 13.7. The highest BCUT2D eigenvalue weighted by Crippen LogP contribution is 2.36. The lowest BCUT2D eigenvalue weighted by Crippen LogP contribution is -2.05. The highest BCUT2D eigenvalue weighted by atomic mass is 79.9. The molecule has 4 nitrogen and oxygen atoms in total. The Bertz CT molecular complexity index is 1040. The number of ether oxygens (including phenoxy) is 1. The van der Waals surface area contributed by atoms with E-state index in [4.69, 9.17) is 9.57 Å². The molecule has 4 rings (SSSR count). The molecule has 3 aromatic rings. The van der Waals surface area contributed by atoms with E-state index in [-0.39, 0.29) is 0 Å². The first-order valence-corrected chi connectivity index (χ1v) is 9.76. The van der Waals surface area contributed by atoms with Gasteiger partial charge in [-0.15, -0.1) is 0 Å². The van der Waals surface area contributed by atoms with Crippen molar-refractivity contribution in [3.05, 3.63) is 87.9 Å². The quantitative estimate of drug-likeness (QED) is 0.393. The lowest BCUT2D eigenvalue weighted by molar-refractivity contribution is 0.0516. The average Bonchev–Trinajstić information content (AvgIpc) is 3.18. The van der Waals surface area contributed by atoms with Crippen molar-refractivity contribution < 1.29 is 14.4 Å². The van der Waals surface area contributed by atoms with Crippen LogP contribution in [0.2, 0.25) is 0 Å². The summed E-state index contributed by atoms with van der Waals surface area (Å²) in [5.41, 5.74) is 5.36. The third-order valence-electron chi connectivity index (χ3n) is 4.80. The Hall–Kier alpha value is -2.92. The molecule has 0 N–H and O–H groups in total. The zero-order valence-corrected chi connectivity index (χ0v) is 16.9. The van der Waals surface area contributed by atoms with Crippen LogP contribution in [0, 0.1) is 0 Å². The van der Waals surface area contributed by atoms with E-state index in [1.54, 1.807) is 19.2 Å². The van der Waals surface area contributed by atoms with Crippen molar-refractivity contribution in [2.45, 2.75) is 12.8 Å². The van der Waals surface area contributed by atoms with Crippen molar-refractivity contribution in [2.75, 3.05) is 7.11 Å². The number of rotatable bonds is 4. The lowest BCUT2D eigenvalue weighted by Gasteiger charge is -2.09. The second-order valence-corrected chi connectivity index (χ2v) is 7.32.